The van der Waals surface area contributed by atoms with E-state index in [1.54, 1.807) is 11.8 Å². The Labute approximate surface area is 199 Å². The number of carbonyl (C=O) groups is 1. The number of anilines is 1. The van der Waals surface area contributed by atoms with E-state index in [0.29, 0.717) is 35.3 Å². The highest BCUT2D eigenvalue weighted by atomic mass is 16.5. The molecule has 0 bridgehead atoms. The van der Waals surface area contributed by atoms with E-state index in [-0.39, 0.29) is 5.41 Å². The number of rotatable bonds is 6. The zero-order valence-electron chi connectivity index (χ0n) is 20.4. The highest BCUT2D eigenvalue weighted by Gasteiger charge is 2.34. The molecule has 1 aromatic heterocycles. The Balaban J connectivity index is 1.61. The Morgan fingerprint density at radius 3 is 2.47 bits per heavy atom. The van der Waals surface area contributed by atoms with Crippen LogP contribution in [0.25, 0.3) is 0 Å². The van der Waals surface area contributed by atoms with Crippen molar-refractivity contribution in [1.82, 2.24) is 14.8 Å². The molecule has 0 amide bonds. The maximum atomic E-state index is 12.6. The summed E-state index contributed by atoms with van der Waals surface area (Å²) in [5.41, 5.74) is 4.36. The van der Waals surface area contributed by atoms with E-state index in [9.17, 15) is 4.79 Å². The van der Waals surface area contributed by atoms with Gasteiger partial charge in [0.1, 0.15) is 19.0 Å². The number of ether oxygens (including phenoxy) is 3. The molecular formula is C26H30N4O4. The van der Waals surface area contributed by atoms with E-state index < -0.39 is 12.0 Å². The van der Waals surface area contributed by atoms with Crippen molar-refractivity contribution in [2.75, 3.05) is 19.5 Å². The molecule has 1 aliphatic rings. The number of hydrogen-bond acceptors (Lipinski definition) is 7. The SMILES string of the molecule is COC(=O)C1=C(C)Nc2ncnn2C1c1ccc(OCc2ccc(C(C)(C)C)cc2)c(OC)c1. The van der Waals surface area contributed by atoms with Gasteiger partial charge in [-0.3, -0.25) is 0 Å². The second kappa shape index (κ2) is 9.21. The summed E-state index contributed by atoms with van der Waals surface area (Å²) in [4.78, 5) is 16.9. The molecule has 1 aliphatic heterocycles. The molecule has 0 aliphatic carbocycles. The number of aromatic nitrogens is 3. The molecule has 1 unspecified atom stereocenters. The fraction of sp³-hybridized carbons (Fsp3) is 0.346. The number of esters is 1. The van der Waals surface area contributed by atoms with Gasteiger partial charge in [0.25, 0.3) is 0 Å². The second-order valence-electron chi connectivity index (χ2n) is 9.23. The molecular weight excluding hydrogens is 432 g/mol. The molecule has 3 aromatic rings. The molecule has 8 nitrogen and oxygen atoms in total. The molecule has 34 heavy (non-hydrogen) atoms. The number of methoxy groups -OCH3 is 2. The number of benzene rings is 2. The Morgan fingerprint density at radius 1 is 1.09 bits per heavy atom. The summed E-state index contributed by atoms with van der Waals surface area (Å²) in [7, 11) is 2.96. The molecule has 8 heteroatoms. The highest BCUT2D eigenvalue weighted by molar-refractivity contribution is 5.92. The lowest BCUT2D eigenvalue weighted by molar-refractivity contribution is -0.136. The van der Waals surface area contributed by atoms with Gasteiger partial charge in [-0.25, -0.2) is 9.48 Å². The minimum atomic E-state index is -0.515. The van der Waals surface area contributed by atoms with Crippen LogP contribution >= 0.6 is 0 Å². The minimum absolute atomic E-state index is 0.104. The molecule has 2 aromatic carbocycles. The summed E-state index contributed by atoms with van der Waals surface area (Å²) in [6.07, 6.45) is 1.45. The van der Waals surface area contributed by atoms with Crippen LogP contribution in [0.2, 0.25) is 0 Å². The zero-order chi connectivity index (χ0) is 24.5. The molecule has 2 heterocycles. The third-order valence-electron chi connectivity index (χ3n) is 5.92. The lowest BCUT2D eigenvalue weighted by Gasteiger charge is -2.28. The zero-order valence-corrected chi connectivity index (χ0v) is 20.4. The summed E-state index contributed by atoms with van der Waals surface area (Å²) in [5.74, 6) is 1.28. The largest absolute Gasteiger partial charge is 0.493 e. The van der Waals surface area contributed by atoms with Crippen LogP contribution in [-0.4, -0.2) is 35.0 Å². The van der Waals surface area contributed by atoms with Crippen LogP contribution in [0.5, 0.6) is 11.5 Å². The number of fused-ring (bicyclic) bond motifs is 1. The fourth-order valence-corrected chi connectivity index (χ4v) is 4.01. The maximum absolute atomic E-state index is 12.6. The van der Waals surface area contributed by atoms with Crippen molar-refractivity contribution >= 4 is 11.9 Å². The third-order valence-corrected chi connectivity index (χ3v) is 5.92. The molecule has 178 valence electrons. The van der Waals surface area contributed by atoms with Gasteiger partial charge in [-0.1, -0.05) is 51.1 Å². The molecule has 4 rings (SSSR count). The first-order valence-corrected chi connectivity index (χ1v) is 11.1. The quantitative estimate of drug-likeness (QED) is 0.535. The number of nitrogens with zero attached hydrogens (tertiary/aromatic N) is 3. The molecule has 1 atom stereocenters. The smallest absolute Gasteiger partial charge is 0.338 e. The van der Waals surface area contributed by atoms with Crippen molar-refractivity contribution in [2.24, 2.45) is 0 Å². The third kappa shape index (κ3) is 4.48. The monoisotopic (exact) mass is 462 g/mol. The molecule has 0 fully saturated rings. The summed E-state index contributed by atoms with van der Waals surface area (Å²) in [6.45, 7) is 8.80. The van der Waals surface area contributed by atoms with Crippen LogP contribution in [0.3, 0.4) is 0 Å². The van der Waals surface area contributed by atoms with Gasteiger partial charge in [0, 0.05) is 5.70 Å². The lowest BCUT2D eigenvalue weighted by Crippen LogP contribution is -2.29. The predicted octanol–water partition coefficient (Wildman–Crippen LogP) is 4.63. The lowest BCUT2D eigenvalue weighted by atomic mass is 9.87. The number of allylic oxidation sites excluding steroid dienone is 1. The van der Waals surface area contributed by atoms with Gasteiger partial charge in [0.2, 0.25) is 5.95 Å². The average Bonchev–Trinajstić information content (AvgIpc) is 3.29. The van der Waals surface area contributed by atoms with Crippen LogP contribution in [0, 0.1) is 0 Å². The Kier molecular flexibility index (Phi) is 6.32. The van der Waals surface area contributed by atoms with E-state index in [0.717, 1.165) is 11.1 Å². The molecule has 0 radical (unpaired) electrons. The first-order chi connectivity index (χ1) is 16.2. The summed E-state index contributed by atoms with van der Waals surface area (Å²) in [6, 6.07) is 13.5. The summed E-state index contributed by atoms with van der Waals surface area (Å²) in [5, 5.41) is 7.43. The van der Waals surface area contributed by atoms with E-state index in [1.807, 2.05) is 25.1 Å². The van der Waals surface area contributed by atoms with Gasteiger partial charge in [-0.15, -0.1) is 0 Å². The molecule has 0 saturated heterocycles. The number of nitrogens with one attached hydrogen (secondary N) is 1. The van der Waals surface area contributed by atoms with Crippen LogP contribution in [0.15, 0.2) is 60.1 Å². The van der Waals surface area contributed by atoms with Crippen molar-refractivity contribution in [2.45, 2.75) is 45.8 Å². The van der Waals surface area contributed by atoms with Gasteiger partial charge in [0.05, 0.1) is 19.8 Å². The van der Waals surface area contributed by atoms with Crippen LogP contribution in [0.1, 0.15) is 50.4 Å². The van der Waals surface area contributed by atoms with Crippen LogP contribution in [0.4, 0.5) is 5.95 Å². The van der Waals surface area contributed by atoms with Crippen molar-refractivity contribution in [3.63, 3.8) is 0 Å². The maximum Gasteiger partial charge on any atom is 0.338 e. The predicted molar refractivity (Wildman–Crippen MR) is 129 cm³/mol. The van der Waals surface area contributed by atoms with E-state index in [4.69, 9.17) is 14.2 Å². The Hall–Kier alpha value is -3.81. The average molecular weight is 463 g/mol. The normalized spacial score (nSPS) is 15.4. The fourth-order valence-electron chi connectivity index (χ4n) is 4.01. The number of hydrogen-bond donors (Lipinski definition) is 1. The van der Waals surface area contributed by atoms with Crippen LogP contribution in [-0.2, 0) is 21.6 Å². The molecule has 0 saturated carbocycles. The van der Waals surface area contributed by atoms with Gasteiger partial charge >= 0.3 is 5.97 Å². The highest BCUT2D eigenvalue weighted by Crippen LogP contribution is 2.39. The van der Waals surface area contributed by atoms with Crippen molar-refractivity contribution in [1.29, 1.82) is 0 Å². The van der Waals surface area contributed by atoms with E-state index in [2.05, 4.69) is 60.4 Å². The first kappa shape index (κ1) is 23.4. The van der Waals surface area contributed by atoms with Gasteiger partial charge in [0.15, 0.2) is 11.5 Å². The number of carbonyl (C=O) groups excluding carboxylic acids is 1. The van der Waals surface area contributed by atoms with E-state index >= 15 is 0 Å². The second-order valence-corrected chi connectivity index (χ2v) is 9.23. The van der Waals surface area contributed by atoms with Crippen molar-refractivity contribution < 1.29 is 19.0 Å². The Morgan fingerprint density at radius 2 is 1.82 bits per heavy atom. The van der Waals surface area contributed by atoms with Gasteiger partial charge in [-0.05, 0) is 41.2 Å². The molecule has 1 N–H and O–H groups in total. The first-order valence-electron chi connectivity index (χ1n) is 11.1. The van der Waals surface area contributed by atoms with Crippen molar-refractivity contribution in [3.8, 4) is 11.5 Å². The minimum Gasteiger partial charge on any atom is -0.493 e. The van der Waals surface area contributed by atoms with E-state index in [1.165, 1.54) is 19.0 Å². The Bertz CT molecular complexity index is 1220. The standard InChI is InChI=1S/C26H30N4O4/c1-16-22(24(31)33-6)23(30-25(29-16)27-15-28-30)18-9-12-20(21(13-18)32-5)34-14-17-7-10-19(11-8-17)26(2,3)4/h7-13,15,23H,14H2,1-6H3,(H,27,28,29). The molecule has 0 spiro atoms. The van der Waals surface area contributed by atoms with Crippen molar-refractivity contribution in [3.05, 3.63) is 76.8 Å². The van der Waals surface area contributed by atoms with Gasteiger partial charge < -0.3 is 19.5 Å². The summed E-state index contributed by atoms with van der Waals surface area (Å²) < 4.78 is 18.4. The van der Waals surface area contributed by atoms with Crippen LogP contribution < -0.4 is 14.8 Å². The summed E-state index contributed by atoms with van der Waals surface area (Å²) >= 11 is 0. The van der Waals surface area contributed by atoms with Gasteiger partial charge in [-0.2, -0.15) is 10.1 Å². The topological polar surface area (TPSA) is 87.5 Å².